The molecule has 3 heterocycles. The summed E-state index contributed by atoms with van der Waals surface area (Å²) in [5.41, 5.74) is 6.01. The molecule has 2 saturated heterocycles. The minimum atomic E-state index is -0.454. The lowest BCUT2D eigenvalue weighted by molar-refractivity contribution is 0.204. The molecule has 1 aromatic carbocycles. The van der Waals surface area contributed by atoms with Gasteiger partial charge in [-0.25, -0.2) is 9.59 Å². The molecule has 1 aliphatic carbocycles. The summed E-state index contributed by atoms with van der Waals surface area (Å²) >= 11 is 0. The third kappa shape index (κ3) is 4.87. The molecule has 1 unspecified atom stereocenters. The number of hydrogen-bond acceptors (Lipinski definition) is 7. The van der Waals surface area contributed by atoms with Crippen LogP contribution in [0.2, 0.25) is 0 Å². The van der Waals surface area contributed by atoms with Crippen molar-refractivity contribution < 1.29 is 9.53 Å². The fraction of sp³-hybridized carbons (Fsp3) is 0.522. The van der Waals surface area contributed by atoms with Crippen molar-refractivity contribution in [3.8, 4) is 11.4 Å². The average molecular weight is 454 g/mol. The van der Waals surface area contributed by atoms with E-state index in [1.807, 2.05) is 24.3 Å². The Bertz CT molecular complexity index is 1020. The van der Waals surface area contributed by atoms with Gasteiger partial charge in [0.05, 0.1) is 5.69 Å². The third-order valence-corrected chi connectivity index (χ3v) is 6.95. The van der Waals surface area contributed by atoms with E-state index in [1.54, 1.807) is 17.2 Å². The third-order valence-electron chi connectivity index (χ3n) is 6.95. The van der Waals surface area contributed by atoms with Gasteiger partial charge in [0.25, 0.3) is 0 Å². The quantitative estimate of drug-likeness (QED) is 0.548. The van der Waals surface area contributed by atoms with Crippen molar-refractivity contribution in [1.82, 2.24) is 24.7 Å². The summed E-state index contributed by atoms with van der Waals surface area (Å²) in [6, 6.07) is 8.75. The molecule has 2 aromatic rings. The summed E-state index contributed by atoms with van der Waals surface area (Å²) < 4.78 is 7.33. The fourth-order valence-corrected chi connectivity index (χ4v) is 4.99. The van der Waals surface area contributed by atoms with Gasteiger partial charge in [-0.2, -0.15) is 4.98 Å². The summed E-state index contributed by atoms with van der Waals surface area (Å²) in [5.74, 6) is 3.34. The van der Waals surface area contributed by atoms with Gasteiger partial charge in [-0.15, -0.1) is 0 Å². The number of likely N-dealkylation sites (tertiary alicyclic amines) is 1. The SMILES string of the molecule is NCC1[C@H]2CN(CCOc3ccc(-n4ccc(NC(=O)N5CCNCC5)nc4=O)cc3)C[C@@H]12. The smallest absolute Gasteiger partial charge is 0.354 e. The zero-order valence-electron chi connectivity index (χ0n) is 18.7. The monoisotopic (exact) mass is 453 g/mol. The topological polar surface area (TPSA) is 118 Å². The largest absolute Gasteiger partial charge is 0.492 e. The molecule has 176 valence electrons. The van der Waals surface area contributed by atoms with Gasteiger partial charge in [0, 0.05) is 52.0 Å². The van der Waals surface area contributed by atoms with E-state index in [1.165, 1.54) is 4.57 Å². The van der Waals surface area contributed by atoms with E-state index in [9.17, 15) is 9.59 Å². The van der Waals surface area contributed by atoms with Crippen LogP contribution in [0.4, 0.5) is 10.6 Å². The van der Waals surface area contributed by atoms with Crippen molar-refractivity contribution >= 4 is 11.8 Å². The van der Waals surface area contributed by atoms with Crippen LogP contribution in [0.15, 0.2) is 41.3 Å². The second-order valence-electron chi connectivity index (χ2n) is 8.96. The van der Waals surface area contributed by atoms with E-state index in [0.29, 0.717) is 25.4 Å². The number of nitrogens with two attached hydrogens (primary N) is 1. The van der Waals surface area contributed by atoms with Gasteiger partial charge in [0.1, 0.15) is 18.2 Å². The first-order valence-electron chi connectivity index (χ1n) is 11.6. The van der Waals surface area contributed by atoms with Crippen molar-refractivity contribution in [3.05, 3.63) is 47.0 Å². The number of benzene rings is 1. The highest BCUT2D eigenvalue weighted by molar-refractivity contribution is 5.88. The summed E-state index contributed by atoms with van der Waals surface area (Å²) in [6.45, 7) is 7.42. The molecule has 2 amide bonds. The molecule has 1 aromatic heterocycles. The number of nitrogens with one attached hydrogen (secondary N) is 2. The molecular formula is C23H31N7O3. The maximum atomic E-state index is 12.5. The molecule has 3 fully saturated rings. The lowest BCUT2D eigenvalue weighted by atomic mass is 10.2. The van der Waals surface area contributed by atoms with Gasteiger partial charge in [-0.05, 0) is 54.6 Å². The van der Waals surface area contributed by atoms with E-state index in [4.69, 9.17) is 10.5 Å². The summed E-state index contributed by atoms with van der Waals surface area (Å²) in [5, 5.41) is 5.90. The maximum Gasteiger partial charge on any atom is 0.354 e. The lowest BCUT2D eigenvalue weighted by Crippen LogP contribution is -2.48. The Labute approximate surface area is 192 Å². The number of ether oxygens (including phenoxy) is 1. The van der Waals surface area contributed by atoms with Crippen LogP contribution in [0.5, 0.6) is 5.75 Å². The van der Waals surface area contributed by atoms with E-state index >= 15 is 0 Å². The first kappa shape index (κ1) is 21.9. The van der Waals surface area contributed by atoms with Crippen LogP contribution in [0.25, 0.3) is 5.69 Å². The second kappa shape index (κ2) is 9.50. The molecule has 10 nitrogen and oxygen atoms in total. The molecule has 33 heavy (non-hydrogen) atoms. The fourth-order valence-electron chi connectivity index (χ4n) is 4.99. The normalized spacial score (nSPS) is 24.4. The predicted molar refractivity (Wildman–Crippen MR) is 125 cm³/mol. The van der Waals surface area contributed by atoms with E-state index in [-0.39, 0.29) is 11.8 Å². The minimum Gasteiger partial charge on any atom is -0.492 e. The summed E-state index contributed by atoms with van der Waals surface area (Å²) in [4.78, 5) is 33.0. The molecule has 3 aliphatic rings. The highest BCUT2D eigenvalue weighted by atomic mass is 16.5. The molecule has 2 aliphatic heterocycles. The predicted octanol–water partition coefficient (Wildman–Crippen LogP) is 0.185. The van der Waals surface area contributed by atoms with Crippen molar-refractivity contribution in [2.45, 2.75) is 0 Å². The van der Waals surface area contributed by atoms with Crippen LogP contribution in [0.3, 0.4) is 0 Å². The molecule has 0 spiro atoms. The van der Waals surface area contributed by atoms with Crippen LogP contribution in [-0.2, 0) is 0 Å². The van der Waals surface area contributed by atoms with Crippen molar-refractivity contribution in [1.29, 1.82) is 0 Å². The van der Waals surface area contributed by atoms with Gasteiger partial charge in [-0.3, -0.25) is 14.8 Å². The number of carbonyl (C=O) groups excluding carboxylic acids is 1. The number of carbonyl (C=O) groups is 1. The van der Waals surface area contributed by atoms with Gasteiger partial charge < -0.3 is 20.7 Å². The van der Waals surface area contributed by atoms with Crippen LogP contribution in [-0.4, -0.2) is 84.3 Å². The van der Waals surface area contributed by atoms with Crippen molar-refractivity contribution in [2.75, 3.05) is 64.3 Å². The number of piperidine rings is 1. The Kier molecular flexibility index (Phi) is 6.30. The summed E-state index contributed by atoms with van der Waals surface area (Å²) in [6.07, 6.45) is 1.62. The first-order valence-corrected chi connectivity index (χ1v) is 11.6. The molecule has 0 bridgehead atoms. The Morgan fingerprint density at radius 1 is 1.15 bits per heavy atom. The number of fused-ring (bicyclic) bond motifs is 1. The highest BCUT2D eigenvalue weighted by Crippen LogP contribution is 2.50. The molecule has 10 heteroatoms. The standard InChI is InChI=1S/C23H31N7O3/c24-13-18-19-14-28(15-20(18)19)11-12-33-17-3-1-16(2-4-17)30-8-5-21(27-23(30)32)26-22(31)29-9-6-25-7-10-29/h1-5,8,18-20,25H,6-7,9-15,24H2,(H,26,27,31,32)/t18?,19-,20+. The van der Waals surface area contributed by atoms with E-state index in [2.05, 4.69) is 20.5 Å². The van der Waals surface area contributed by atoms with E-state index in [0.717, 1.165) is 62.8 Å². The first-order chi connectivity index (χ1) is 16.1. The van der Waals surface area contributed by atoms with Crippen LogP contribution < -0.4 is 26.8 Å². The number of hydrogen-bond donors (Lipinski definition) is 3. The van der Waals surface area contributed by atoms with Gasteiger partial charge in [-0.1, -0.05) is 0 Å². The van der Waals surface area contributed by atoms with Gasteiger partial charge in [0.2, 0.25) is 0 Å². The number of nitrogens with zero attached hydrogens (tertiary/aromatic N) is 4. The van der Waals surface area contributed by atoms with Crippen molar-refractivity contribution in [3.63, 3.8) is 0 Å². The zero-order chi connectivity index (χ0) is 22.8. The summed E-state index contributed by atoms with van der Waals surface area (Å²) in [7, 11) is 0. The Balaban J connectivity index is 1.12. The zero-order valence-corrected chi connectivity index (χ0v) is 18.7. The molecule has 0 radical (unpaired) electrons. The number of rotatable bonds is 7. The van der Waals surface area contributed by atoms with Gasteiger partial charge in [0.15, 0.2) is 0 Å². The Morgan fingerprint density at radius 3 is 2.55 bits per heavy atom. The lowest BCUT2D eigenvalue weighted by Gasteiger charge is -2.27. The Morgan fingerprint density at radius 2 is 1.88 bits per heavy atom. The van der Waals surface area contributed by atoms with E-state index < -0.39 is 5.69 Å². The van der Waals surface area contributed by atoms with Gasteiger partial charge >= 0.3 is 11.7 Å². The molecule has 4 N–H and O–H groups in total. The number of piperazine rings is 1. The van der Waals surface area contributed by atoms with Crippen molar-refractivity contribution in [2.24, 2.45) is 23.5 Å². The van der Waals surface area contributed by atoms with Crippen LogP contribution in [0.1, 0.15) is 0 Å². The molecule has 3 atom stereocenters. The molecule has 1 saturated carbocycles. The molecular weight excluding hydrogens is 422 g/mol. The number of amides is 2. The van der Waals surface area contributed by atoms with Crippen LogP contribution in [0, 0.1) is 17.8 Å². The second-order valence-corrected chi connectivity index (χ2v) is 8.96. The number of aromatic nitrogens is 2. The number of anilines is 1. The van der Waals surface area contributed by atoms with Crippen LogP contribution >= 0.6 is 0 Å². The molecule has 5 rings (SSSR count). The highest BCUT2D eigenvalue weighted by Gasteiger charge is 2.54. The number of urea groups is 1. The minimum absolute atomic E-state index is 0.243. The maximum absolute atomic E-state index is 12.5. The Hall–Kier alpha value is -2.95. The average Bonchev–Trinajstić information content (AvgIpc) is 3.32.